The van der Waals surface area contributed by atoms with Crippen LogP contribution in [0, 0.1) is 0 Å². The number of ether oxygens (including phenoxy) is 2. The summed E-state index contributed by atoms with van der Waals surface area (Å²) in [6.45, 7) is -0.149. The third-order valence-electron chi connectivity index (χ3n) is 2.99. The first-order valence-electron chi connectivity index (χ1n) is 5.21. The molecule has 2 rings (SSSR count). The highest BCUT2D eigenvalue weighted by molar-refractivity contribution is 5.84. The summed E-state index contributed by atoms with van der Waals surface area (Å²) in [6, 6.07) is 0. The molecule has 1 N–H and O–H groups in total. The van der Waals surface area contributed by atoms with E-state index in [1.165, 1.54) is 6.42 Å². The first-order chi connectivity index (χ1) is 6.76. The van der Waals surface area contributed by atoms with Gasteiger partial charge in [-0.1, -0.05) is 6.42 Å². The normalized spacial score (nSPS) is 30.8. The number of carbonyl (C=O) groups is 1. The Balaban J connectivity index is 1.95. The van der Waals surface area contributed by atoms with E-state index in [9.17, 15) is 4.79 Å². The molecule has 1 atom stereocenters. The first-order valence-corrected chi connectivity index (χ1v) is 5.21. The number of Topliss-reactive ketones (excluding diaryl/α,β-unsaturated/α-hetero) is 1. The molecule has 0 unspecified atom stereocenters. The van der Waals surface area contributed by atoms with Gasteiger partial charge in [0.1, 0.15) is 12.7 Å². The van der Waals surface area contributed by atoms with Crippen molar-refractivity contribution < 1.29 is 19.4 Å². The fraction of sp³-hybridized carbons (Fsp3) is 0.900. The molecule has 80 valence electrons. The zero-order valence-electron chi connectivity index (χ0n) is 8.20. The summed E-state index contributed by atoms with van der Waals surface area (Å²) in [5, 5.41) is 8.70. The number of hydrogen-bond donors (Lipinski definition) is 1. The van der Waals surface area contributed by atoms with Gasteiger partial charge in [-0.25, -0.2) is 0 Å². The Labute approximate surface area is 83.2 Å². The highest BCUT2D eigenvalue weighted by Crippen LogP contribution is 2.37. The van der Waals surface area contributed by atoms with Crippen LogP contribution in [0.3, 0.4) is 0 Å². The summed E-state index contributed by atoms with van der Waals surface area (Å²) in [5.74, 6) is -0.777. The van der Waals surface area contributed by atoms with Gasteiger partial charge in [0.25, 0.3) is 0 Å². The smallest absolute Gasteiger partial charge is 0.189 e. The quantitative estimate of drug-likeness (QED) is 0.710. The third-order valence-corrected chi connectivity index (χ3v) is 2.99. The van der Waals surface area contributed by atoms with Crippen LogP contribution in [0.5, 0.6) is 0 Å². The Hall–Kier alpha value is -0.450. The van der Waals surface area contributed by atoms with E-state index in [0.717, 1.165) is 25.7 Å². The number of ketones is 1. The molecule has 0 aromatic heterocycles. The van der Waals surface area contributed by atoms with Crippen molar-refractivity contribution in [3.05, 3.63) is 0 Å². The maximum Gasteiger partial charge on any atom is 0.189 e. The van der Waals surface area contributed by atoms with Crippen LogP contribution in [-0.2, 0) is 14.3 Å². The Morgan fingerprint density at radius 1 is 1.36 bits per heavy atom. The standard InChI is InChI=1S/C10H16O4/c11-6-8(12)9-7-13-10(14-9)4-2-1-3-5-10/h9,11H,1-7H2/t9-/m0/s1. The molecular weight excluding hydrogens is 184 g/mol. The fourth-order valence-corrected chi connectivity index (χ4v) is 2.17. The molecule has 0 bridgehead atoms. The Morgan fingerprint density at radius 3 is 2.71 bits per heavy atom. The second-order valence-corrected chi connectivity index (χ2v) is 4.01. The molecule has 0 amide bonds. The zero-order valence-corrected chi connectivity index (χ0v) is 8.20. The van der Waals surface area contributed by atoms with Gasteiger partial charge in [-0.05, 0) is 12.8 Å². The van der Waals surface area contributed by atoms with E-state index >= 15 is 0 Å². The van der Waals surface area contributed by atoms with Gasteiger partial charge < -0.3 is 14.6 Å². The molecule has 0 aromatic rings. The molecule has 1 aliphatic heterocycles. The predicted molar refractivity (Wildman–Crippen MR) is 48.7 cm³/mol. The van der Waals surface area contributed by atoms with Gasteiger partial charge in [0.2, 0.25) is 0 Å². The van der Waals surface area contributed by atoms with E-state index in [2.05, 4.69) is 0 Å². The van der Waals surface area contributed by atoms with E-state index in [1.807, 2.05) is 0 Å². The molecule has 0 aromatic carbocycles. The summed E-state index contributed by atoms with van der Waals surface area (Å²) >= 11 is 0. The van der Waals surface area contributed by atoms with Crippen LogP contribution in [0.15, 0.2) is 0 Å². The monoisotopic (exact) mass is 200 g/mol. The van der Waals surface area contributed by atoms with Crippen molar-refractivity contribution in [3.8, 4) is 0 Å². The number of aliphatic hydroxyl groups is 1. The lowest BCUT2D eigenvalue weighted by Crippen LogP contribution is -2.35. The van der Waals surface area contributed by atoms with Crippen LogP contribution < -0.4 is 0 Å². The summed E-state index contributed by atoms with van der Waals surface area (Å²) < 4.78 is 11.2. The van der Waals surface area contributed by atoms with Gasteiger partial charge in [0.05, 0.1) is 6.61 Å². The van der Waals surface area contributed by atoms with Crippen LogP contribution in [0.1, 0.15) is 32.1 Å². The second-order valence-electron chi connectivity index (χ2n) is 4.01. The van der Waals surface area contributed by atoms with Crippen LogP contribution in [-0.4, -0.2) is 36.0 Å². The van der Waals surface area contributed by atoms with Crippen LogP contribution >= 0.6 is 0 Å². The molecule has 2 fully saturated rings. The predicted octanol–water partition coefficient (Wildman–Crippen LogP) is 0.624. The van der Waals surface area contributed by atoms with Gasteiger partial charge in [0, 0.05) is 12.8 Å². The Bertz CT molecular complexity index is 220. The molecule has 1 spiro atoms. The summed E-state index contributed by atoms with van der Waals surface area (Å²) in [7, 11) is 0. The Morgan fingerprint density at radius 2 is 2.07 bits per heavy atom. The maximum atomic E-state index is 11.2. The molecule has 1 heterocycles. The van der Waals surface area contributed by atoms with Crippen molar-refractivity contribution in [2.45, 2.75) is 44.0 Å². The number of hydrogen-bond acceptors (Lipinski definition) is 4. The number of aliphatic hydroxyl groups excluding tert-OH is 1. The average molecular weight is 200 g/mol. The molecular formula is C10H16O4. The molecule has 1 aliphatic carbocycles. The van der Waals surface area contributed by atoms with Crippen molar-refractivity contribution in [1.82, 2.24) is 0 Å². The average Bonchev–Trinajstić information content (AvgIpc) is 2.62. The van der Waals surface area contributed by atoms with Crippen LogP contribution in [0.4, 0.5) is 0 Å². The zero-order chi connectivity index (χ0) is 10.0. The van der Waals surface area contributed by atoms with E-state index in [4.69, 9.17) is 14.6 Å². The highest BCUT2D eigenvalue weighted by Gasteiger charge is 2.44. The largest absolute Gasteiger partial charge is 0.388 e. The van der Waals surface area contributed by atoms with Crippen molar-refractivity contribution >= 4 is 5.78 Å². The second kappa shape index (κ2) is 3.96. The minimum Gasteiger partial charge on any atom is -0.388 e. The third kappa shape index (κ3) is 1.82. The topological polar surface area (TPSA) is 55.8 Å². The van der Waals surface area contributed by atoms with E-state index < -0.39 is 18.5 Å². The van der Waals surface area contributed by atoms with Crippen molar-refractivity contribution in [2.24, 2.45) is 0 Å². The van der Waals surface area contributed by atoms with Gasteiger partial charge in [-0.3, -0.25) is 4.79 Å². The van der Waals surface area contributed by atoms with Gasteiger partial charge in [0.15, 0.2) is 11.6 Å². The minimum atomic E-state index is -0.543. The summed E-state index contributed by atoms with van der Waals surface area (Å²) in [4.78, 5) is 11.2. The van der Waals surface area contributed by atoms with E-state index in [0.29, 0.717) is 6.61 Å². The molecule has 1 saturated carbocycles. The SMILES string of the molecule is O=C(CO)[C@@H]1COC2(CCCCC2)O1. The molecule has 4 heteroatoms. The molecule has 2 aliphatic rings. The van der Waals surface area contributed by atoms with Crippen LogP contribution in [0.2, 0.25) is 0 Å². The molecule has 0 radical (unpaired) electrons. The van der Waals surface area contributed by atoms with Gasteiger partial charge in [-0.2, -0.15) is 0 Å². The molecule has 14 heavy (non-hydrogen) atoms. The summed E-state index contributed by atoms with van der Waals surface area (Å²) in [5.41, 5.74) is 0. The fourth-order valence-electron chi connectivity index (χ4n) is 2.17. The summed E-state index contributed by atoms with van der Waals surface area (Å²) in [6.07, 6.45) is 4.62. The number of carbonyl (C=O) groups excluding carboxylic acids is 1. The van der Waals surface area contributed by atoms with Gasteiger partial charge >= 0.3 is 0 Å². The lowest BCUT2D eigenvalue weighted by Gasteiger charge is -2.31. The van der Waals surface area contributed by atoms with Crippen molar-refractivity contribution in [1.29, 1.82) is 0 Å². The maximum absolute atomic E-state index is 11.2. The van der Waals surface area contributed by atoms with Crippen molar-refractivity contribution in [3.63, 3.8) is 0 Å². The molecule has 4 nitrogen and oxygen atoms in total. The van der Waals surface area contributed by atoms with E-state index in [-0.39, 0.29) is 5.78 Å². The number of rotatable bonds is 2. The highest BCUT2D eigenvalue weighted by atomic mass is 16.7. The molecule has 1 saturated heterocycles. The minimum absolute atomic E-state index is 0.271. The lowest BCUT2D eigenvalue weighted by molar-refractivity contribution is -0.189. The van der Waals surface area contributed by atoms with Crippen molar-refractivity contribution in [2.75, 3.05) is 13.2 Å². The Kier molecular flexibility index (Phi) is 2.85. The van der Waals surface area contributed by atoms with E-state index in [1.54, 1.807) is 0 Å². The first kappa shape index (κ1) is 10.1. The van der Waals surface area contributed by atoms with Gasteiger partial charge in [-0.15, -0.1) is 0 Å². The lowest BCUT2D eigenvalue weighted by atomic mass is 9.94. The van der Waals surface area contributed by atoms with Crippen LogP contribution in [0.25, 0.3) is 0 Å².